The Morgan fingerprint density at radius 2 is 1.38 bits per heavy atom. The number of fused-ring (bicyclic) bond motifs is 5. The average Bonchev–Trinajstić information content (AvgIpc) is 3.72. The monoisotopic (exact) mass is 545 g/mol. The molecule has 202 valence electrons. The van der Waals surface area contributed by atoms with Crippen LogP contribution in [0, 0.1) is 13.8 Å². The van der Waals surface area contributed by atoms with Crippen LogP contribution in [0.3, 0.4) is 0 Å². The second-order valence-electron chi connectivity index (χ2n) is 10.5. The van der Waals surface area contributed by atoms with Crippen molar-refractivity contribution in [1.29, 1.82) is 0 Å². The molecule has 8 rings (SSSR count). The van der Waals surface area contributed by atoms with Crippen molar-refractivity contribution in [3.8, 4) is 34.3 Å². The van der Waals surface area contributed by atoms with Crippen molar-refractivity contribution in [2.24, 2.45) is 0 Å². The van der Waals surface area contributed by atoms with Gasteiger partial charge in [0.25, 0.3) is 0 Å². The van der Waals surface area contributed by atoms with Crippen LogP contribution < -0.4 is 4.74 Å². The molecule has 3 heterocycles. The number of ether oxygens (including phenoxy) is 1. The molecule has 0 spiro atoms. The van der Waals surface area contributed by atoms with Gasteiger partial charge in [-0.15, -0.1) is 0 Å². The maximum atomic E-state index is 6.56. The van der Waals surface area contributed by atoms with Gasteiger partial charge in [-0.2, -0.15) is 0 Å². The number of para-hydroxylation sites is 5. The fourth-order valence-electron chi connectivity index (χ4n) is 6.02. The number of benzene rings is 5. The Hall–Kier alpha value is -5.62. The second kappa shape index (κ2) is 9.49. The first kappa shape index (κ1) is 24.2. The summed E-state index contributed by atoms with van der Waals surface area (Å²) in [6, 6.07) is 39.3. The molecule has 0 aliphatic carbocycles. The summed E-state index contributed by atoms with van der Waals surface area (Å²) >= 11 is 0. The van der Waals surface area contributed by atoms with Gasteiger partial charge in [0.2, 0.25) is 5.78 Å². The van der Waals surface area contributed by atoms with E-state index in [9.17, 15) is 0 Å². The Morgan fingerprint density at radius 1 is 0.667 bits per heavy atom. The number of nitrogens with zero attached hydrogens (tertiary/aromatic N) is 5. The van der Waals surface area contributed by atoms with Crippen LogP contribution in [0.15, 0.2) is 128 Å². The quantitative estimate of drug-likeness (QED) is 0.217. The van der Waals surface area contributed by atoms with Crippen molar-refractivity contribution >= 4 is 27.8 Å². The van der Waals surface area contributed by atoms with Crippen molar-refractivity contribution in [3.05, 3.63) is 139 Å². The topological polar surface area (TPSA) is 49.3 Å². The van der Waals surface area contributed by atoms with Crippen LogP contribution in [0.2, 0.25) is 0 Å². The predicted octanol–water partition coefficient (Wildman–Crippen LogP) is 8.69. The summed E-state index contributed by atoms with van der Waals surface area (Å²) in [6.07, 6.45) is 3.86. The Labute approximate surface area is 242 Å². The van der Waals surface area contributed by atoms with Crippen LogP contribution in [0.25, 0.3) is 50.6 Å². The minimum absolute atomic E-state index is 0.704. The highest BCUT2D eigenvalue weighted by Gasteiger charge is 2.19. The summed E-state index contributed by atoms with van der Waals surface area (Å²) in [5, 5.41) is 0. The largest absolute Gasteiger partial charge is 0.455 e. The molecule has 0 radical (unpaired) electrons. The van der Waals surface area contributed by atoms with Crippen LogP contribution in [0.4, 0.5) is 0 Å². The van der Waals surface area contributed by atoms with Crippen LogP contribution >= 0.6 is 0 Å². The zero-order valence-corrected chi connectivity index (χ0v) is 23.3. The zero-order valence-electron chi connectivity index (χ0n) is 23.3. The molecule has 3 aromatic heterocycles. The number of hydrogen-bond donors (Lipinski definition) is 0. The number of rotatable bonds is 5. The molecule has 0 bridgehead atoms. The van der Waals surface area contributed by atoms with Crippen molar-refractivity contribution < 1.29 is 4.74 Å². The molecule has 6 nitrogen and oxygen atoms in total. The van der Waals surface area contributed by atoms with Crippen molar-refractivity contribution in [2.45, 2.75) is 13.8 Å². The van der Waals surface area contributed by atoms with E-state index in [2.05, 4.69) is 106 Å². The second-order valence-corrected chi connectivity index (χ2v) is 10.5. The lowest BCUT2D eigenvalue weighted by molar-refractivity contribution is 0.487. The van der Waals surface area contributed by atoms with E-state index < -0.39 is 0 Å². The van der Waals surface area contributed by atoms with Crippen LogP contribution in [0.5, 0.6) is 11.5 Å². The van der Waals surface area contributed by atoms with Crippen molar-refractivity contribution in [2.75, 3.05) is 0 Å². The first-order valence-corrected chi connectivity index (χ1v) is 14.0. The molecule has 0 saturated heterocycles. The summed E-state index contributed by atoms with van der Waals surface area (Å²) in [5.41, 5.74) is 9.59. The Balaban J connectivity index is 1.24. The third-order valence-corrected chi connectivity index (χ3v) is 7.85. The fourth-order valence-corrected chi connectivity index (χ4v) is 6.02. The van der Waals surface area contributed by atoms with Crippen molar-refractivity contribution in [3.63, 3.8) is 0 Å². The smallest absolute Gasteiger partial charge is 0.220 e. The maximum absolute atomic E-state index is 6.56. The molecule has 0 aliphatic rings. The lowest BCUT2D eigenvalue weighted by atomic mass is 10.1. The van der Waals surface area contributed by atoms with E-state index in [1.165, 1.54) is 11.1 Å². The number of aromatic nitrogens is 5. The van der Waals surface area contributed by atoms with Gasteiger partial charge in [0.1, 0.15) is 17.1 Å². The van der Waals surface area contributed by atoms with Gasteiger partial charge >= 0.3 is 0 Å². The molecule has 0 atom stereocenters. The van der Waals surface area contributed by atoms with Crippen LogP contribution in [-0.4, -0.2) is 23.5 Å². The summed E-state index contributed by atoms with van der Waals surface area (Å²) < 4.78 is 13.1. The molecular weight excluding hydrogens is 518 g/mol. The van der Waals surface area contributed by atoms with Gasteiger partial charge in [0.15, 0.2) is 5.75 Å². The van der Waals surface area contributed by atoms with Gasteiger partial charge in [-0.05, 0) is 73.5 Å². The normalized spacial score (nSPS) is 11.6. The number of imidazole rings is 3. The van der Waals surface area contributed by atoms with E-state index in [0.29, 0.717) is 5.75 Å². The molecule has 6 heteroatoms. The Morgan fingerprint density at radius 3 is 2.21 bits per heavy atom. The standard InChI is InChI=1S/C36H27N5O/c1-24-11-8-12-25(2)34(24)39-22-21-37-35(39)26-13-9-16-28(23-26)42-32-20-10-19-31-33(32)38-36-40(27-14-4-3-5-15-27)29-17-6-7-18-30(29)41(31)36/h3-23H,1-2H3. The minimum Gasteiger partial charge on any atom is -0.455 e. The van der Waals surface area contributed by atoms with Gasteiger partial charge in [0, 0.05) is 23.6 Å². The maximum Gasteiger partial charge on any atom is 0.220 e. The Bertz CT molecular complexity index is 2230. The molecule has 0 saturated carbocycles. The average molecular weight is 546 g/mol. The highest BCUT2D eigenvalue weighted by Crippen LogP contribution is 2.36. The van der Waals surface area contributed by atoms with E-state index in [-0.39, 0.29) is 0 Å². The lowest BCUT2D eigenvalue weighted by Gasteiger charge is -2.14. The van der Waals surface area contributed by atoms with Crippen LogP contribution in [0.1, 0.15) is 11.1 Å². The third kappa shape index (κ3) is 3.73. The van der Waals surface area contributed by atoms with E-state index >= 15 is 0 Å². The SMILES string of the molecule is Cc1cccc(C)c1-n1ccnc1-c1cccc(Oc2cccc3c2nc2n(-c4ccccc4)c4ccccc4n32)c1. The zero-order chi connectivity index (χ0) is 28.2. The van der Waals surface area contributed by atoms with Crippen LogP contribution in [-0.2, 0) is 0 Å². The molecule has 8 aromatic rings. The molecule has 0 unspecified atom stereocenters. The predicted molar refractivity (Wildman–Crippen MR) is 168 cm³/mol. The summed E-state index contributed by atoms with van der Waals surface area (Å²) in [6.45, 7) is 4.26. The summed E-state index contributed by atoms with van der Waals surface area (Å²) in [7, 11) is 0. The first-order valence-electron chi connectivity index (χ1n) is 14.0. The van der Waals surface area contributed by atoms with Gasteiger partial charge in [0.05, 0.1) is 22.2 Å². The van der Waals surface area contributed by atoms with E-state index in [1.807, 2.05) is 48.8 Å². The van der Waals surface area contributed by atoms with Crippen molar-refractivity contribution in [1.82, 2.24) is 23.5 Å². The van der Waals surface area contributed by atoms with Gasteiger partial charge in [-0.3, -0.25) is 13.5 Å². The van der Waals surface area contributed by atoms with E-state index in [1.54, 1.807) is 0 Å². The fraction of sp³-hybridized carbons (Fsp3) is 0.0556. The highest BCUT2D eigenvalue weighted by atomic mass is 16.5. The summed E-state index contributed by atoms with van der Waals surface area (Å²) in [5.74, 6) is 3.14. The number of hydrogen-bond acceptors (Lipinski definition) is 3. The van der Waals surface area contributed by atoms with E-state index in [4.69, 9.17) is 14.7 Å². The molecule has 0 N–H and O–H groups in total. The van der Waals surface area contributed by atoms with Gasteiger partial charge in [-0.25, -0.2) is 9.97 Å². The number of aryl methyl sites for hydroxylation is 2. The molecule has 0 fully saturated rings. The molecule has 0 amide bonds. The van der Waals surface area contributed by atoms with Gasteiger partial charge in [-0.1, -0.05) is 66.7 Å². The molecule has 5 aromatic carbocycles. The third-order valence-electron chi connectivity index (χ3n) is 7.85. The molecule has 0 aliphatic heterocycles. The lowest BCUT2D eigenvalue weighted by Crippen LogP contribution is -2.01. The molecular formula is C36H27N5O. The minimum atomic E-state index is 0.704. The highest BCUT2D eigenvalue weighted by molar-refractivity contribution is 5.94. The van der Waals surface area contributed by atoms with E-state index in [0.717, 1.165) is 56.4 Å². The Kier molecular flexibility index (Phi) is 5.47. The summed E-state index contributed by atoms with van der Waals surface area (Å²) in [4.78, 5) is 9.88. The molecule has 42 heavy (non-hydrogen) atoms. The van der Waals surface area contributed by atoms with Gasteiger partial charge < -0.3 is 4.74 Å². The first-order chi connectivity index (χ1) is 20.7.